The largest absolute Gasteiger partial charge is 0.433 e. The van der Waals surface area contributed by atoms with Gasteiger partial charge in [0, 0.05) is 28.2 Å². The quantitative estimate of drug-likeness (QED) is 0.424. The van der Waals surface area contributed by atoms with Crippen molar-refractivity contribution in [3.63, 3.8) is 0 Å². The zero-order valence-electron chi connectivity index (χ0n) is 15.6. The van der Waals surface area contributed by atoms with Crippen LogP contribution in [0.1, 0.15) is 21.7 Å². The van der Waals surface area contributed by atoms with Gasteiger partial charge in [-0.25, -0.2) is 9.50 Å². The minimum atomic E-state index is -4.71. The van der Waals surface area contributed by atoms with Crippen molar-refractivity contribution in [3.8, 4) is 11.3 Å². The van der Waals surface area contributed by atoms with Crippen LogP contribution in [0.25, 0.3) is 16.9 Å². The fourth-order valence-electron chi connectivity index (χ4n) is 2.96. The van der Waals surface area contributed by atoms with Gasteiger partial charge in [0.25, 0.3) is 5.91 Å². The average molecular weight is 465 g/mol. The molecule has 0 saturated heterocycles. The van der Waals surface area contributed by atoms with Gasteiger partial charge in [-0.05, 0) is 29.8 Å². The minimum absolute atomic E-state index is 0.0828. The van der Waals surface area contributed by atoms with Gasteiger partial charge in [0.05, 0.1) is 5.69 Å². The van der Waals surface area contributed by atoms with Crippen LogP contribution in [0.15, 0.2) is 60.7 Å². The number of hydrogen-bond acceptors (Lipinski definition) is 3. The van der Waals surface area contributed by atoms with E-state index in [1.807, 2.05) is 0 Å². The molecule has 0 aliphatic heterocycles. The number of halogens is 5. The van der Waals surface area contributed by atoms with E-state index in [9.17, 15) is 18.0 Å². The Morgan fingerprint density at radius 1 is 1.03 bits per heavy atom. The first-order valence-electron chi connectivity index (χ1n) is 8.98. The molecule has 2 aromatic heterocycles. The summed E-state index contributed by atoms with van der Waals surface area (Å²) in [4.78, 5) is 16.7. The van der Waals surface area contributed by atoms with Gasteiger partial charge in [0.15, 0.2) is 17.0 Å². The number of nitrogens with one attached hydrogen (secondary N) is 1. The van der Waals surface area contributed by atoms with Gasteiger partial charge in [-0.1, -0.05) is 53.5 Å². The van der Waals surface area contributed by atoms with Gasteiger partial charge in [-0.3, -0.25) is 4.79 Å². The Labute approximate surface area is 184 Å². The molecule has 31 heavy (non-hydrogen) atoms. The summed E-state index contributed by atoms with van der Waals surface area (Å²) in [6.45, 7) is 0.0992. The highest BCUT2D eigenvalue weighted by molar-refractivity contribution is 6.31. The summed E-state index contributed by atoms with van der Waals surface area (Å²) in [7, 11) is 0. The van der Waals surface area contributed by atoms with Crippen LogP contribution >= 0.6 is 23.2 Å². The summed E-state index contributed by atoms with van der Waals surface area (Å²) < 4.78 is 41.6. The number of nitrogens with zero attached hydrogens (tertiary/aromatic N) is 3. The highest BCUT2D eigenvalue weighted by Gasteiger charge is 2.35. The highest BCUT2D eigenvalue weighted by Crippen LogP contribution is 2.32. The minimum Gasteiger partial charge on any atom is -0.347 e. The van der Waals surface area contributed by atoms with Crippen molar-refractivity contribution in [2.75, 3.05) is 0 Å². The van der Waals surface area contributed by atoms with E-state index in [-0.39, 0.29) is 23.6 Å². The summed E-state index contributed by atoms with van der Waals surface area (Å²) in [6.07, 6.45) is -4.71. The predicted octanol–water partition coefficient (Wildman–Crippen LogP) is 5.65. The van der Waals surface area contributed by atoms with E-state index in [0.29, 0.717) is 25.7 Å². The molecule has 0 spiro atoms. The second-order valence-corrected chi connectivity index (χ2v) is 7.45. The Kier molecular flexibility index (Phi) is 5.60. The molecule has 4 rings (SSSR count). The second-order valence-electron chi connectivity index (χ2n) is 6.60. The number of aromatic nitrogens is 3. The molecule has 0 aliphatic rings. The molecule has 158 valence electrons. The topological polar surface area (TPSA) is 59.3 Å². The van der Waals surface area contributed by atoms with Crippen molar-refractivity contribution >= 4 is 34.8 Å². The second kappa shape index (κ2) is 8.20. The van der Waals surface area contributed by atoms with Crippen molar-refractivity contribution in [1.29, 1.82) is 0 Å². The van der Waals surface area contributed by atoms with Gasteiger partial charge >= 0.3 is 6.18 Å². The van der Waals surface area contributed by atoms with Crippen molar-refractivity contribution < 1.29 is 18.0 Å². The predicted molar refractivity (Wildman–Crippen MR) is 111 cm³/mol. The third kappa shape index (κ3) is 4.50. The number of alkyl halides is 3. The number of rotatable bonds is 4. The molecule has 1 amide bonds. The summed E-state index contributed by atoms with van der Waals surface area (Å²) in [6, 6.07) is 15.2. The molecular formula is C21H13Cl2F3N4O. The van der Waals surface area contributed by atoms with Crippen molar-refractivity contribution in [2.45, 2.75) is 12.7 Å². The van der Waals surface area contributed by atoms with Crippen LogP contribution in [0, 0.1) is 0 Å². The maximum absolute atomic E-state index is 13.7. The lowest BCUT2D eigenvalue weighted by molar-refractivity contribution is -0.142. The van der Waals surface area contributed by atoms with Gasteiger partial charge in [-0.2, -0.15) is 18.3 Å². The van der Waals surface area contributed by atoms with Crippen molar-refractivity contribution in [1.82, 2.24) is 19.9 Å². The molecule has 0 unspecified atom stereocenters. The number of carbonyl (C=O) groups excluding carboxylic acids is 1. The lowest BCUT2D eigenvalue weighted by Gasteiger charge is -2.11. The molecule has 0 aliphatic carbocycles. The van der Waals surface area contributed by atoms with Crippen LogP contribution in [0.2, 0.25) is 10.0 Å². The van der Waals surface area contributed by atoms with Crippen LogP contribution < -0.4 is 5.32 Å². The number of carbonyl (C=O) groups is 1. The normalized spacial score (nSPS) is 11.6. The number of amides is 1. The van der Waals surface area contributed by atoms with Crippen molar-refractivity contribution in [2.24, 2.45) is 0 Å². The van der Waals surface area contributed by atoms with E-state index in [4.69, 9.17) is 23.2 Å². The zero-order valence-corrected chi connectivity index (χ0v) is 17.1. The Hall–Kier alpha value is -3.10. The standard InChI is InChI=1S/C21H13Cl2F3N4O/c22-14-7-5-12(6-8-14)16-9-18(21(24,25)26)30-19(28-16)10-17(29-30)20(31)27-11-13-3-1-2-4-15(13)23/h1-10H,11H2,(H,27,31). The highest BCUT2D eigenvalue weighted by atomic mass is 35.5. The van der Waals surface area contributed by atoms with E-state index >= 15 is 0 Å². The van der Waals surface area contributed by atoms with E-state index in [2.05, 4.69) is 15.4 Å². The first-order valence-corrected chi connectivity index (χ1v) is 9.73. The van der Waals surface area contributed by atoms with Crippen molar-refractivity contribution in [3.05, 3.63) is 87.7 Å². The van der Waals surface area contributed by atoms with E-state index in [1.165, 1.54) is 6.07 Å². The molecule has 1 N–H and O–H groups in total. The lowest BCUT2D eigenvalue weighted by Crippen LogP contribution is -2.23. The number of hydrogen-bond donors (Lipinski definition) is 1. The average Bonchev–Trinajstić information content (AvgIpc) is 3.16. The molecule has 2 heterocycles. The maximum atomic E-state index is 13.7. The maximum Gasteiger partial charge on any atom is 0.433 e. The van der Waals surface area contributed by atoms with Gasteiger partial charge in [0.2, 0.25) is 0 Å². The van der Waals surface area contributed by atoms with Crippen LogP contribution in [0.5, 0.6) is 0 Å². The van der Waals surface area contributed by atoms with Crippen LogP contribution in [0.3, 0.4) is 0 Å². The molecule has 0 fully saturated rings. The monoisotopic (exact) mass is 464 g/mol. The number of fused-ring (bicyclic) bond motifs is 1. The fourth-order valence-corrected chi connectivity index (χ4v) is 3.29. The summed E-state index contributed by atoms with van der Waals surface area (Å²) in [5.41, 5.74) is -0.156. The summed E-state index contributed by atoms with van der Waals surface area (Å²) in [5.74, 6) is -0.647. The summed E-state index contributed by atoms with van der Waals surface area (Å²) in [5, 5.41) is 7.35. The van der Waals surface area contributed by atoms with Gasteiger partial charge in [-0.15, -0.1) is 0 Å². The molecule has 4 aromatic rings. The molecule has 0 atom stereocenters. The molecule has 5 nitrogen and oxygen atoms in total. The Morgan fingerprint density at radius 2 is 1.74 bits per heavy atom. The fraction of sp³-hybridized carbons (Fsp3) is 0.0952. The Bertz CT molecular complexity index is 1270. The van der Waals surface area contributed by atoms with Crippen LogP contribution in [-0.4, -0.2) is 20.5 Å². The van der Waals surface area contributed by atoms with Gasteiger partial charge in [0.1, 0.15) is 0 Å². The third-order valence-corrected chi connectivity index (χ3v) is 5.11. The molecule has 0 bridgehead atoms. The molecule has 0 saturated carbocycles. The third-order valence-electron chi connectivity index (χ3n) is 4.49. The van der Waals surface area contributed by atoms with E-state index < -0.39 is 17.8 Å². The van der Waals surface area contributed by atoms with Gasteiger partial charge < -0.3 is 5.32 Å². The van der Waals surface area contributed by atoms with Crippen LogP contribution in [-0.2, 0) is 12.7 Å². The summed E-state index contributed by atoms with van der Waals surface area (Å²) >= 11 is 11.9. The number of benzene rings is 2. The smallest absolute Gasteiger partial charge is 0.347 e. The SMILES string of the molecule is O=C(NCc1ccccc1Cl)c1cc2nc(-c3ccc(Cl)cc3)cc(C(F)(F)F)n2n1. The Balaban J connectivity index is 1.70. The van der Waals surface area contributed by atoms with E-state index in [0.717, 1.165) is 6.07 Å². The first kappa shape index (κ1) is 21.1. The molecule has 10 heteroatoms. The molecule has 2 aromatic carbocycles. The Morgan fingerprint density at radius 3 is 2.42 bits per heavy atom. The molecule has 0 radical (unpaired) electrons. The lowest BCUT2D eigenvalue weighted by atomic mass is 10.1. The van der Waals surface area contributed by atoms with Crippen LogP contribution in [0.4, 0.5) is 13.2 Å². The zero-order chi connectivity index (χ0) is 22.2. The molecular weight excluding hydrogens is 452 g/mol. The van der Waals surface area contributed by atoms with E-state index in [1.54, 1.807) is 48.5 Å². The first-order chi connectivity index (χ1) is 14.7.